The summed E-state index contributed by atoms with van der Waals surface area (Å²) in [5, 5.41) is 27.0. The molecule has 8 heteroatoms. The fourth-order valence-electron chi connectivity index (χ4n) is 3.12. The number of carbonyl (C=O) groups excluding carboxylic acids is 1. The Bertz CT molecular complexity index is 1220. The SMILES string of the molecule is C=CCBr.C=CCOc1ccc(CCO)cc1.C=CCOc1ccc(CCOC(=O)C(=C)C)cc1.OCCc1ccc(O)cc1. The molecule has 0 bridgehead atoms. The molecule has 3 aromatic rings. The van der Waals surface area contributed by atoms with Crippen molar-refractivity contribution >= 4 is 21.9 Å². The summed E-state index contributed by atoms with van der Waals surface area (Å²) in [5.74, 6) is 1.56. The largest absolute Gasteiger partial charge is 0.508 e. The van der Waals surface area contributed by atoms with Gasteiger partial charge >= 0.3 is 5.97 Å². The fourth-order valence-corrected chi connectivity index (χ4v) is 3.12. The number of aromatic hydroxyl groups is 1. The van der Waals surface area contributed by atoms with E-state index in [1.165, 1.54) is 0 Å². The lowest BCUT2D eigenvalue weighted by Gasteiger charge is -2.06. The van der Waals surface area contributed by atoms with E-state index in [-0.39, 0.29) is 24.9 Å². The van der Waals surface area contributed by atoms with Crippen molar-refractivity contribution in [2.45, 2.75) is 26.2 Å². The van der Waals surface area contributed by atoms with Gasteiger partial charge in [0.15, 0.2) is 0 Å². The summed E-state index contributed by atoms with van der Waals surface area (Å²) in [4.78, 5) is 11.2. The molecule has 0 amide bonds. The normalized spacial score (nSPS) is 9.33. The van der Waals surface area contributed by atoms with Crippen molar-refractivity contribution in [1.82, 2.24) is 0 Å². The molecule has 0 aliphatic rings. The number of phenolic OH excluding ortho intramolecular Hbond substituents is 1. The molecule has 3 N–H and O–H groups in total. The van der Waals surface area contributed by atoms with Crippen LogP contribution in [0.25, 0.3) is 0 Å². The highest BCUT2D eigenvalue weighted by Gasteiger charge is 2.03. The average Bonchev–Trinajstić information content (AvgIpc) is 3.06. The van der Waals surface area contributed by atoms with E-state index in [1.807, 2.05) is 48.5 Å². The Balaban J connectivity index is 0.000000630. The van der Waals surface area contributed by atoms with Gasteiger partial charge in [0.2, 0.25) is 0 Å². The Hall–Kier alpha value is -4.11. The molecule has 0 aromatic heterocycles. The molecule has 3 aromatic carbocycles. The monoisotopic (exact) mass is 682 g/mol. The summed E-state index contributed by atoms with van der Waals surface area (Å²) in [6.07, 6.45) is 7.23. The zero-order chi connectivity index (χ0) is 33.7. The average molecular weight is 684 g/mol. The van der Waals surface area contributed by atoms with Crippen LogP contribution in [-0.4, -0.2) is 59.7 Å². The zero-order valence-electron chi connectivity index (χ0n) is 26.2. The molecular formula is C37H47BrO7. The maximum Gasteiger partial charge on any atom is 0.333 e. The van der Waals surface area contributed by atoms with Gasteiger partial charge in [-0.15, -0.1) is 6.58 Å². The van der Waals surface area contributed by atoms with Crippen LogP contribution in [0.4, 0.5) is 0 Å². The molecule has 7 nitrogen and oxygen atoms in total. The van der Waals surface area contributed by atoms with Gasteiger partial charge < -0.3 is 29.5 Å². The van der Waals surface area contributed by atoms with Crippen LogP contribution in [0.5, 0.6) is 17.2 Å². The molecule has 0 aliphatic carbocycles. The molecule has 244 valence electrons. The van der Waals surface area contributed by atoms with Crippen molar-refractivity contribution in [3.05, 3.63) is 140 Å². The summed E-state index contributed by atoms with van der Waals surface area (Å²) >= 11 is 3.13. The lowest BCUT2D eigenvalue weighted by Crippen LogP contribution is -2.07. The van der Waals surface area contributed by atoms with Crippen LogP contribution in [0.1, 0.15) is 23.6 Å². The first-order valence-corrected chi connectivity index (χ1v) is 15.5. The van der Waals surface area contributed by atoms with Gasteiger partial charge in [-0.2, -0.15) is 0 Å². The quantitative estimate of drug-likeness (QED) is 0.0674. The molecule has 0 saturated carbocycles. The highest BCUT2D eigenvalue weighted by Crippen LogP contribution is 2.13. The third-order valence-electron chi connectivity index (χ3n) is 5.40. The predicted octanol–water partition coefficient (Wildman–Crippen LogP) is 7.19. The third kappa shape index (κ3) is 22.1. The minimum absolute atomic E-state index is 0.158. The molecule has 0 unspecified atom stereocenters. The Morgan fingerprint density at radius 2 is 1.09 bits per heavy atom. The van der Waals surface area contributed by atoms with Crippen LogP contribution in [0.3, 0.4) is 0 Å². The number of benzene rings is 3. The third-order valence-corrected chi connectivity index (χ3v) is 5.86. The number of esters is 1. The summed E-state index contributed by atoms with van der Waals surface area (Å²) in [5.41, 5.74) is 3.67. The lowest BCUT2D eigenvalue weighted by atomic mass is 10.1. The molecule has 3 rings (SSSR count). The van der Waals surface area contributed by atoms with Crippen molar-refractivity contribution in [1.29, 1.82) is 0 Å². The van der Waals surface area contributed by atoms with E-state index in [0.29, 0.717) is 44.7 Å². The van der Waals surface area contributed by atoms with E-state index < -0.39 is 0 Å². The Morgan fingerprint density at radius 1 is 0.711 bits per heavy atom. The lowest BCUT2D eigenvalue weighted by molar-refractivity contribution is -0.138. The summed E-state index contributed by atoms with van der Waals surface area (Å²) in [7, 11) is 0. The second-order valence-corrected chi connectivity index (χ2v) is 9.86. The van der Waals surface area contributed by atoms with Gasteiger partial charge in [-0.3, -0.25) is 0 Å². The maximum absolute atomic E-state index is 11.2. The van der Waals surface area contributed by atoms with Gasteiger partial charge in [0.25, 0.3) is 0 Å². The molecule has 0 saturated heterocycles. The maximum atomic E-state index is 11.2. The zero-order valence-corrected chi connectivity index (χ0v) is 27.8. The number of allylic oxidation sites excluding steroid dienone is 1. The number of hydrogen-bond donors (Lipinski definition) is 3. The number of ether oxygens (including phenoxy) is 3. The standard InChI is InChI=1S/C15H18O3.C11H14O2.C8H10O2.C3H5Br/c1-4-10-17-14-7-5-13(6-8-14)9-11-18-15(16)12(2)3;1-2-9-13-11-5-3-10(4-6-11)7-8-12;9-6-5-7-1-3-8(10)4-2-7;1-2-3-4/h4-8H,1-2,9-11H2,3H3;2-6,12H,1,7-9H2;1-4,9-10H,5-6H2;2H,1,3H2. The topological polar surface area (TPSA) is 105 Å². The van der Waals surface area contributed by atoms with Gasteiger partial charge in [0, 0.05) is 30.5 Å². The molecule has 0 fully saturated rings. The van der Waals surface area contributed by atoms with Gasteiger partial charge in [0.05, 0.1) is 6.61 Å². The number of halogens is 1. The van der Waals surface area contributed by atoms with Crippen molar-refractivity contribution in [3.8, 4) is 17.2 Å². The van der Waals surface area contributed by atoms with E-state index in [9.17, 15) is 4.79 Å². The number of carbonyl (C=O) groups is 1. The molecule has 0 heterocycles. The number of aliphatic hydroxyl groups is 2. The van der Waals surface area contributed by atoms with Gasteiger partial charge in [-0.1, -0.05) is 90.3 Å². The summed E-state index contributed by atoms with van der Waals surface area (Å²) in [6, 6.07) is 22.2. The van der Waals surface area contributed by atoms with Crippen LogP contribution in [0, 0.1) is 0 Å². The van der Waals surface area contributed by atoms with E-state index in [2.05, 4.69) is 42.2 Å². The van der Waals surface area contributed by atoms with Crippen molar-refractivity contribution in [3.63, 3.8) is 0 Å². The van der Waals surface area contributed by atoms with E-state index >= 15 is 0 Å². The smallest absolute Gasteiger partial charge is 0.333 e. The highest BCUT2D eigenvalue weighted by atomic mass is 79.9. The minimum Gasteiger partial charge on any atom is -0.508 e. The Morgan fingerprint density at radius 3 is 1.42 bits per heavy atom. The van der Waals surface area contributed by atoms with Gasteiger partial charge in [-0.05, 0) is 72.9 Å². The molecule has 45 heavy (non-hydrogen) atoms. The second-order valence-electron chi connectivity index (χ2n) is 9.21. The number of rotatable bonds is 15. The van der Waals surface area contributed by atoms with E-state index in [1.54, 1.807) is 49.4 Å². The molecular weight excluding hydrogens is 636 g/mol. The van der Waals surface area contributed by atoms with Crippen molar-refractivity contribution in [2.75, 3.05) is 38.4 Å². The van der Waals surface area contributed by atoms with Gasteiger partial charge in [0.1, 0.15) is 30.5 Å². The van der Waals surface area contributed by atoms with Crippen LogP contribution < -0.4 is 9.47 Å². The Kier molecular flexibility index (Phi) is 24.9. The van der Waals surface area contributed by atoms with Crippen LogP contribution in [0.2, 0.25) is 0 Å². The number of aliphatic hydroxyl groups excluding tert-OH is 2. The molecule has 0 spiro atoms. The first kappa shape index (κ1) is 40.9. The van der Waals surface area contributed by atoms with Gasteiger partial charge in [-0.25, -0.2) is 4.79 Å². The minimum atomic E-state index is -0.346. The fraction of sp³-hybridized carbons (Fsp3) is 0.270. The number of hydrogen-bond acceptors (Lipinski definition) is 7. The van der Waals surface area contributed by atoms with E-state index in [4.69, 9.17) is 29.5 Å². The van der Waals surface area contributed by atoms with Crippen molar-refractivity contribution in [2.24, 2.45) is 0 Å². The first-order valence-electron chi connectivity index (χ1n) is 14.4. The summed E-state index contributed by atoms with van der Waals surface area (Å²) < 4.78 is 15.7. The number of alkyl halides is 1. The number of phenols is 1. The first-order chi connectivity index (χ1) is 21.7. The second kappa shape index (κ2) is 27.4. The highest BCUT2D eigenvalue weighted by molar-refractivity contribution is 9.09. The van der Waals surface area contributed by atoms with Crippen LogP contribution >= 0.6 is 15.9 Å². The molecule has 0 atom stereocenters. The van der Waals surface area contributed by atoms with Crippen molar-refractivity contribution < 1.29 is 34.3 Å². The predicted molar refractivity (Wildman–Crippen MR) is 187 cm³/mol. The molecule has 0 radical (unpaired) electrons. The Labute approximate surface area is 276 Å². The van der Waals surface area contributed by atoms with E-state index in [0.717, 1.165) is 33.5 Å². The molecule has 0 aliphatic heterocycles. The van der Waals surface area contributed by atoms with Crippen LogP contribution in [0.15, 0.2) is 123 Å². The summed E-state index contributed by atoms with van der Waals surface area (Å²) in [6.45, 7) is 17.5. The van der Waals surface area contributed by atoms with Crippen LogP contribution in [-0.2, 0) is 28.8 Å².